The Morgan fingerprint density at radius 1 is 1.09 bits per heavy atom. The van der Waals surface area contributed by atoms with E-state index in [1.165, 1.54) is 0 Å². The number of carbonyl (C=O) groups is 2. The predicted octanol–water partition coefficient (Wildman–Crippen LogP) is 2.53. The lowest BCUT2D eigenvalue weighted by Gasteiger charge is -2.10. The molecule has 1 N–H and O–H groups in total. The summed E-state index contributed by atoms with van der Waals surface area (Å²) in [4.78, 5) is 23.5. The Hall–Kier alpha value is -2.56. The van der Waals surface area contributed by atoms with Crippen LogP contribution in [0.25, 0.3) is 5.69 Å². The molecule has 0 spiro atoms. The molecule has 5 heteroatoms. The molecule has 120 valence electrons. The lowest BCUT2D eigenvalue weighted by Crippen LogP contribution is -2.30. The molecular weight excluding hydrogens is 292 g/mol. The van der Waals surface area contributed by atoms with Crippen LogP contribution in [0.3, 0.4) is 0 Å². The van der Waals surface area contributed by atoms with Crippen LogP contribution in [0.2, 0.25) is 0 Å². The number of benzene rings is 1. The molecular formula is C18H20N2O3. The van der Waals surface area contributed by atoms with E-state index >= 15 is 0 Å². The third-order valence-electron chi connectivity index (χ3n) is 3.91. The lowest BCUT2D eigenvalue weighted by molar-refractivity contribution is -0.124. The molecule has 0 radical (unpaired) electrons. The molecule has 1 saturated carbocycles. The molecule has 5 nitrogen and oxygen atoms in total. The van der Waals surface area contributed by atoms with Gasteiger partial charge in [-0.1, -0.05) is 0 Å². The van der Waals surface area contributed by atoms with Gasteiger partial charge in [0.05, 0.1) is 5.56 Å². The highest BCUT2D eigenvalue weighted by molar-refractivity contribution is 5.91. The highest BCUT2D eigenvalue weighted by Gasteiger charge is 2.23. The second-order valence-corrected chi connectivity index (χ2v) is 5.92. The molecule has 1 amide bonds. The van der Waals surface area contributed by atoms with E-state index in [0.717, 1.165) is 29.9 Å². The average molecular weight is 312 g/mol. The number of nitrogens with zero attached hydrogens (tertiary/aromatic N) is 1. The number of aromatic nitrogens is 1. The summed E-state index contributed by atoms with van der Waals surface area (Å²) in [7, 11) is 0. The van der Waals surface area contributed by atoms with Gasteiger partial charge in [0.15, 0.2) is 6.61 Å². The van der Waals surface area contributed by atoms with Gasteiger partial charge in [-0.05, 0) is 63.1 Å². The zero-order chi connectivity index (χ0) is 16.4. The van der Waals surface area contributed by atoms with Gasteiger partial charge in [0.1, 0.15) is 0 Å². The van der Waals surface area contributed by atoms with Crippen molar-refractivity contribution < 1.29 is 14.3 Å². The molecule has 3 rings (SSSR count). The Morgan fingerprint density at radius 3 is 2.26 bits per heavy atom. The maximum Gasteiger partial charge on any atom is 0.338 e. The molecule has 1 aromatic heterocycles. The van der Waals surface area contributed by atoms with Crippen LogP contribution in [0.5, 0.6) is 0 Å². The maximum atomic E-state index is 12.0. The first-order chi connectivity index (χ1) is 11.0. The first kappa shape index (κ1) is 15.3. The summed E-state index contributed by atoms with van der Waals surface area (Å²) in [5, 5.41) is 2.78. The number of hydrogen-bond acceptors (Lipinski definition) is 3. The Labute approximate surface area is 135 Å². The first-order valence-corrected chi connectivity index (χ1v) is 7.76. The van der Waals surface area contributed by atoms with Gasteiger partial charge in [-0.15, -0.1) is 0 Å². The molecule has 0 unspecified atom stereocenters. The third kappa shape index (κ3) is 3.62. The maximum absolute atomic E-state index is 12.0. The molecule has 0 bridgehead atoms. The summed E-state index contributed by atoms with van der Waals surface area (Å²) in [5.74, 6) is -0.723. The van der Waals surface area contributed by atoms with Crippen molar-refractivity contribution in [1.29, 1.82) is 0 Å². The van der Waals surface area contributed by atoms with Gasteiger partial charge in [-0.2, -0.15) is 0 Å². The normalized spacial score (nSPS) is 13.7. The minimum Gasteiger partial charge on any atom is -0.452 e. The fourth-order valence-electron chi connectivity index (χ4n) is 2.53. The molecule has 0 atom stereocenters. The molecule has 1 aliphatic rings. The largest absolute Gasteiger partial charge is 0.452 e. The van der Waals surface area contributed by atoms with E-state index in [2.05, 4.69) is 22.0 Å². The third-order valence-corrected chi connectivity index (χ3v) is 3.91. The number of carbonyl (C=O) groups excluding carboxylic acids is 2. The van der Waals surface area contributed by atoms with Gasteiger partial charge in [-0.25, -0.2) is 4.79 Å². The summed E-state index contributed by atoms with van der Waals surface area (Å²) in [5.41, 5.74) is 3.70. The highest BCUT2D eigenvalue weighted by atomic mass is 16.5. The Balaban J connectivity index is 1.62. The minimum absolute atomic E-state index is 0.229. The van der Waals surface area contributed by atoms with E-state index in [-0.39, 0.29) is 18.6 Å². The first-order valence-electron chi connectivity index (χ1n) is 7.76. The number of hydrogen-bond donors (Lipinski definition) is 1. The number of aryl methyl sites for hydroxylation is 2. The summed E-state index contributed by atoms with van der Waals surface area (Å²) in [6.07, 6.45) is 2.03. The van der Waals surface area contributed by atoms with Crippen molar-refractivity contribution in [3.63, 3.8) is 0 Å². The van der Waals surface area contributed by atoms with Crippen LogP contribution in [0, 0.1) is 13.8 Å². The molecule has 0 saturated heterocycles. The molecule has 23 heavy (non-hydrogen) atoms. The zero-order valence-electron chi connectivity index (χ0n) is 13.3. The van der Waals surface area contributed by atoms with E-state index in [0.29, 0.717) is 5.56 Å². The van der Waals surface area contributed by atoms with Gasteiger partial charge in [0.25, 0.3) is 5.91 Å². The Bertz CT molecular complexity index is 708. The topological polar surface area (TPSA) is 60.3 Å². The number of amides is 1. The van der Waals surface area contributed by atoms with Crippen molar-refractivity contribution in [1.82, 2.24) is 9.88 Å². The van der Waals surface area contributed by atoms with E-state index in [1.807, 2.05) is 26.0 Å². The molecule has 1 aliphatic carbocycles. The fraction of sp³-hybridized carbons (Fsp3) is 0.333. The monoisotopic (exact) mass is 312 g/mol. The van der Waals surface area contributed by atoms with Crippen LogP contribution in [0.1, 0.15) is 34.6 Å². The van der Waals surface area contributed by atoms with Gasteiger partial charge < -0.3 is 14.6 Å². The van der Waals surface area contributed by atoms with E-state index in [4.69, 9.17) is 4.74 Å². The van der Waals surface area contributed by atoms with Crippen molar-refractivity contribution in [2.75, 3.05) is 6.61 Å². The van der Waals surface area contributed by atoms with Crippen molar-refractivity contribution in [3.8, 4) is 5.69 Å². The number of esters is 1. The standard InChI is InChI=1S/C18H20N2O3/c1-12-3-4-13(2)20(12)16-9-5-14(6-10-16)18(22)23-11-17(21)19-15-7-8-15/h3-6,9-10,15H,7-8,11H2,1-2H3,(H,19,21). The molecule has 0 aliphatic heterocycles. The van der Waals surface area contributed by atoms with E-state index in [9.17, 15) is 9.59 Å². The van der Waals surface area contributed by atoms with Crippen molar-refractivity contribution in [2.45, 2.75) is 32.7 Å². The molecule has 1 aromatic carbocycles. The van der Waals surface area contributed by atoms with Crippen LogP contribution in [-0.4, -0.2) is 29.1 Å². The predicted molar refractivity (Wildman–Crippen MR) is 86.7 cm³/mol. The summed E-state index contributed by atoms with van der Waals surface area (Å²) < 4.78 is 7.15. The van der Waals surface area contributed by atoms with Crippen molar-refractivity contribution in [2.24, 2.45) is 0 Å². The summed E-state index contributed by atoms with van der Waals surface area (Å²) in [6, 6.07) is 11.6. The van der Waals surface area contributed by atoms with E-state index < -0.39 is 5.97 Å². The van der Waals surface area contributed by atoms with Crippen LogP contribution in [-0.2, 0) is 9.53 Å². The van der Waals surface area contributed by atoms with Gasteiger partial charge in [0, 0.05) is 23.1 Å². The lowest BCUT2D eigenvalue weighted by atomic mass is 10.2. The highest BCUT2D eigenvalue weighted by Crippen LogP contribution is 2.19. The van der Waals surface area contributed by atoms with Crippen LogP contribution in [0.4, 0.5) is 0 Å². The smallest absolute Gasteiger partial charge is 0.338 e. The minimum atomic E-state index is -0.483. The number of ether oxygens (including phenoxy) is 1. The zero-order valence-corrected chi connectivity index (χ0v) is 13.3. The number of nitrogens with one attached hydrogen (secondary N) is 1. The SMILES string of the molecule is Cc1ccc(C)n1-c1ccc(C(=O)OCC(=O)NC2CC2)cc1. The van der Waals surface area contributed by atoms with Gasteiger partial charge in [0.2, 0.25) is 0 Å². The van der Waals surface area contributed by atoms with Crippen molar-refractivity contribution >= 4 is 11.9 Å². The van der Waals surface area contributed by atoms with Crippen LogP contribution in [0.15, 0.2) is 36.4 Å². The van der Waals surface area contributed by atoms with Gasteiger partial charge in [-0.3, -0.25) is 4.79 Å². The quantitative estimate of drug-likeness (QED) is 0.863. The average Bonchev–Trinajstić information content (AvgIpc) is 3.29. The van der Waals surface area contributed by atoms with Crippen LogP contribution >= 0.6 is 0 Å². The molecule has 1 heterocycles. The summed E-state index contributed by atoms with van der Waals surface area (Å²) >= 11 is 0. The van der Waals surface area contributed by atoms with Crippen LogP contribution < -0.4 is 5.32 Å². The Morgan fingerprint density at radius 2 is 1.70 bits per heavy atom. The fourth-order valence-corrected chi connectivity index (χ4v) is 2.53. The second-order valence-electron chi connectivity index (χ2n) is 5.92. The van der Waals surface area contributed by atoms with Gasteiger partial charge >= 0.3 is 5.97 Å². The Kier molecular flexibility index (Phi) is 4.19. The number of rotatable bonds is 5. The van der Waals surface area contributed by atoms with Crippen molar-refractivity contribution in [3.05, 3.63) is 53.3 Å². The van der Waals surface area contributed by atoms with E-state index in [1.54, 1.807) is 12.1 Å². The summed E-state index contributed by atoms with van der Waals surface area (Å²) in [6.45, 7) is 3.84. The molecule has 2 aromatic rings. The second kappa shape index (κ2) is 6.28. The molecule has 1 fully saturated rings.